The number of para-hydroxylation sites is 1. The van der Waals surface area contributed by atoms with Gasteiger partial charge in [0.25, 0.3) is 5.91 Å². The van der Waals surface area contributed by atoms with Crippen LogP contribution < -0.4 is 15.4 Å². The Morgan fingerprint density at radius 3 is 3.10 bits per heavy atom. The predicted octanol–water partition coefficient (Wildman–Crippen LogP) is 0.322. The number of rotatable bonds is 6. The molecule has 2 rings (SSSR count). The van der Waals surface area contributed by atoms with Gasteiger partial charge in [0, 0.05) is 13.1 Å². The number of fused-ring (bicyclic) bond motifs is 1. The van der Waals surface area contributed by atoms with Crippen molar-refractivity contribution in [3.63, 3.8) is 0 Å². The van der Waals surface area contributed by atoms with E-state index in [1.54, 1.807) is 12.1 Å². The Kier molecular flexibility index (Phi) is 4.78. The van der Waals surface area contributed by atoms with E-state index in [1.165, 1.54) is 0 Å². The molecule has 108 valence electrons. The lowest BCUT2D eigenvalue weighted by Gasteiger charge is -2.21. The Morgan fingerprint density at radius 2 is 2.30 bits per heavy atom. The van der Waals surface area contributed by atoms with E-state index in [0.717, 1.165) is 5.69 Å². The zero-order chi connectivity index (χ0) is 14.4. The summed E-state index contributed by atoms with van der Waals surface area (Å²) in [6, 6.07) is 5.30. The molecule has 1 aliphatic rings. The first kappa shape index (κ1) is 14.1. The first-order valence-corrected chi connectivity index (χ1v) is 6.26. The molecule has 0 fully saturated rings. The zero-order valence-electron chi connectivity index (χ0n) is 10.8. The lowest BCUT2D eigenvalue weighted by Crippen LogP contribution is -2.29. The molecule has 0 atom stereocenters. The first-order valence-electron chi connectivity index (χ1n) is 6.26. The molecule has 1 aliphatic heterocycles. The fraction of sp³-hybridized carbons (Fsp3) is 0.385. The molecule has 0 aromatic heterocycles. The van der Waals surface area contributed by atoms with Gasteiger partial charge in [-0.2, -0.15) is 0 Å². The van der Waals surface area contributed by atoms with Crippen molar-refractivity contribution in [2.45, 2.75) is 0 Å². The number of anilines is 1. The number of carboxylic acids is 1. The standard InChI is InChI=1S/C13H16N2O5/c16-11(17)8-19-6-4-15-13(18)9-2-1-3-10-12(9)20-7-5-14-10/h1-3,14H,4-8H2,(H,15,18)(H,16,17). The van der Waals surface area contributed by atoms with Gasteiger partial charge in [0.2, 0.25) is 0 Å². The van der Waals surface area contributed by atoms with E-state index in [-0.39, 0.29) is 25.7 Å². The Bertz CT molecular complexity index is 504. The highest BCUT2D eigenvalue weighted by Gasteiger charge is 2.18. The molecule has 0 bridgehead atoms. The first-order chi connectivity index (χ1) is 9.68. The van der Waals surface area contributed by atoms with E-state index in [9.17, 15) is 9.59 Å². The number of carbonyl (C=O) groups is 2. The second-order valence-corrected chi connectivity index (χ2v) is 4.16. The van der Waals surface area contributed by atoms with Crippen LogP contribution in [0.4, 0.5) is 5.69 Å². The van der Waals surface area contributed by atoms with Crippen LogP contribution in [0.5, 0.6) is 5.75 Å². The molecule has 20 heavy (non-hydrogen) atoms. The van der Waals surface area contributed by atoms with Crippen LogP contribution in [0.3, 0.4) is 0 Å². The Morgan fingerprint density at radius 1 is 1.45 bits per heavy atom. The molecule has 7 heteroatoms. The molecular formula is C13H16N2O5. The van der Waals surface area contributed by atoms with Gasteiger partial charge < -0.3 is 25.2 Å². The smallest absolute Gasteiger partial charge is 0.329 e. The number of amides is 1. The fourth-order valence-corrected chi connectivity index (χ4v) is 1.84. The minimum Gasteiger partial charge on any atom is -0.489 e. The van der Waals surface area contributed by atoms with E-state index in [1.807, 2.05) is 6.07 Å². The largest absolute Gasteiger partial charge is 0.489 e. The number of aliphatic carboxylic acids is 1. The molecular weight excluding hydrogens is 264 g/mol. The maximum Gasteiger partial charge on any atom is 0.329 e. The summed E-state index contributed by atoms with van der Waals surface area (Å²) < 4.78 is 10.3. The van der Waals surface area contributed by atoms with Gasteiger partial charge in [-0.05, 0) is 12.1 Å². The highest BCUT2D eigenvalue weighted by molar-refractivity contribution is 5.98. The third kappa shape index (κ3) is 3.61. The summed E-state index contributed by atoms with van der Waals surface area (Å²) in [5, 5.41) is 14.2. The summed E-state index contributed by atoms with van der Waals surface area (Å²) in [5.74, 6) is -0.764. The van der Waals surface area contributed by atoms with Crippen molar-refractivity contribution in [1.82, 2.24) is 5.32 Å². The van der Waals surface area contributed by atoms with Gasteiger partial charge in [0.1, 0.15) is 13.2 Å². The third-order valence-corrected chi connectivity index (χ3v) is 2.68. The van der Waals surface area contributed by atoms with Gasteiger partial charge >= 0.3 is 5.97 Å². The maximum atomic E-state index is 12.0. The quantitative estimate of drug-likeness (QED) is 0.649. The van der Waals surface area contributed by atoms with Crippen LogP contribution in [-0.2, 0) is 9.53 Å². The molecule has 3 N–H and O–H groups in total. The van der Waals surface area contributed by atoms with Crippen molar-refractivity contribution in [3.8, 4) is 5.75 Å². The zero-order valence-corrected chi connectivity index (χ0v) is 10.8. The second kappa shape index (κ2) is 6.76. The fourth-order valence-electron chi connectivity index (χ4n) is 1.84. The Balaban J connectivity index is 1.88. The molecule has 0 radical (unpaired) electrons. The highest BCUT2D eigenvalue weighted by atomic mass is 16.5. The third-order valence-electron chi connectivity index (χ3n) is 2.68. The van der Waals surface area contributed by atoms with Gasteiger partial charge in [0.05, 0.1) is 17.9 Å². The number of benzene rings is 1. The average Bonchev–Trinajstić information content (AvgIpc) is 2.45. The topological polar surface area (TPSA) is 96.9 Å². The number of nitrogens with one attached hydrogen (secondary N) is 2. The predicted molar refractivity (Wildman–Crippen MR) is 71.2 cm³/mol. The number of hydrogen-bond acceptors (Lipinski definition) is 5. The van der Waals surface area contributed by atoms with Crippen molar-refractivity contribution < 1.29 is 24.2 Å². The summed E-state index contributed by atoms with van der Waals surface area (Å²) >= 11 is 0. The van der Waals surface area contributed by atoms with Crippen molar-refractivity contribution in [2.24, 2.45) is 0 Å². The highest BCUT2D eigenvalue weighted by Crippen LogP contribution is 2.30. The monoisotopic (exact) mass is 280 g/mol. The van der Waals surface area contributed by atoms with Gasteiger partial charge in [-0.1, -0.05) is 6.07 Å². The molecule has 0 saturated carbocycles. The Labute approximate surface area is 115 Å². The van der Waals surface area contributed by atoms with E-state index < -0.39 is 5.97 Å². The van der Waals surface area contributed by atoms with Crippen LogP contribution in [0, 0.1) is 0 Å². The normalized spacial score (nSPS) is 12.8. The SMILES string of the molecule is O=C(O)COCCNC(=O)c1cccc2c1OCCN2. The minimum absolute atomic E-state index is 0.145. The van der Waals surface area contributed by atoms with Crippen LogP contribution in [0.2, 0.25) is 0 Å². The van der Waals surface area contributed by atoms with Crippen LogP contribution in [0.25, 0.3) is 0 Å². The van der Waals surface area contributed by atoms with Crippen molar-refractivity contribution >= 4 is 17.6 Å². The Hall–Kier alpha value is -2.28. The summed E-state index contributed by atoms with van der Waals surface area (Å²) in [4.78, 5) is 22.3. The molecule has 1 heterocycles. The van der Waals surface area contributed by atoms with Gasteiger partial charge in [-0.15, -0.1) is 0 Å². The van der Waals surface area contributed by atoms with Gasteiger partial charge in [-0.25, -0.2) is 4.79 Å². The lowest BCUT2D eigenvalue weighted by atomic mass is 10.1. The van der Waals surface area contributed by atoms with Crippen molar-refractivity contribution in [1.29, 1.82) is 0 Å². The molecule has 7 nitrogen and oxygen atoms in total. The van der Waals surface area contributed by atoms with Gasteiger partial charge in [-0.3, -0.25) is 4.79 Å². The number of ether oxygens (including phenoxy) is 2. The molecule has 1 aromatic carbocycles. The molecule has 1 aromatic rings. The van der Waals surface area contributed by atoms with Crippen molar-refractivity contribution in [3.05, 3.63) is 23.8 Å². The lowest BCUT2D eigenvalue weighted by molar-refractivity contribution is -0.142. The van der Waals surface area contributed by atoms with Crippen molar-refractivity contribution in [2.75, 3.05) is 38.2 Å². The van der Waals surface area contributed by atoms with Crippen LogP contribution in [-0.4, -0.2) is 49.9 Å². The van der Waals surface area contributed by atoms with Crippen LogP contribution in [0.1, 0.15) is 10.4 Å². The molecule has 1 amide bonds. The average molecular weight is 280 g/mol. The second-order valence-electron chi connectivity index (χ2n) is 4.16. The molecule has 0 unspecified atom stereocenters. The minimum atomic E-state index is -1.03. The molecule has 0 saturated heterocycles. The molecule has 0 aliphatic carbocycles. The van der Waals surface area contributed by atoms with E-state index in [4.69, 9.17) is 14.6 Å². The maximum absolute atomic E-state index is 12.0. The number of carbonyl (C=O) groups excluding carboxylic acids is 1. The summed E-state index contributed by atoms with van der Waals surface area (Å²) in [7, 11) is 0. The summed E-state index contributed by atoms with van der Waals surface area (Å²) in [6.07, 6.45) is 0. The number of carboxylic acid groups (broad SMARTS) is 1. The summed E-state index contributed by atoms with van der Waals surface area (Å²) in [5.41, 5.74) is 1.25. The summed E-state index contributed by atoms with van der Waals surface area (Å²) in [6.45, 7) is 1.24. The van der Waals surface area contributed by atoms with Crippen LogP contribution in [0.15, 0.2) is 18.2 Å². The van der Waals surface area contributed by atoms with E-state index in [2.05, 4.69) is 10.6 Å². The molecule has 0 spiro atoms. The van der Waals surface area contributed by atoms with Crippen LogP contribution >= 0.6 is 0 Å². The van der Waals surface area contributed by atoms with Gasteiger partial charge in [0.15, 0.2) is 5.75 Å². The van der Waals surface area contributed by atoms with E-state index >= 15 is 0 Å². The van der Waals surface area contributed by atoms with E-state index in [0.29, 0.717) is 24.5 Å². The number of hydrogen-bond donors (Lipinski definition) is 3.